The molecule has 0 unspecified atom stereocenters. The normalized spacial score (nSPS) is 12.4. The average Bonchev–Trinajstić information content (AvgIpc) is 2.89. The van der Waals surface area contributed by atoms with E-state index in [1.54, 1.807) is 36.4 Å². The molecule has 0 saturated carbocycles. The fourth-order valence-electron chi connectivity index (χ4n) is 4.54. The molecule has 0 heterocycles. The number of hydrogen-bond donors (Lipinski definition) is 1. The number of hydrogen-bond acceptors (Lipinski definition) is 4. The summed E-state index contributed by atoms with van der Waals surface area (Å²) in [5, 5.41) is 2.99. The molecule has 3 aromatic rings. The van der Waals surface area contributed by atoms with Gasteiger partial charge in [-0.05, 0) is 76.8 Å². The molecule has 0 aliphatic heterocycles. The third-order valence-electron chi connectivity index (χ3n) is 6.64. The lowest BCUT2D eigenvalue weighted by Crippen LogP contribution is -2.56. The molecule has 1 atom stereocenters. The van der Waals surface area contributed by atoms with Crippen LogP contribution < -0.4 is 9.62 Å². The highest BCUT2D eigenvalue weighted by atomic mass is 32.2. The molecule has 0 bridgehead atoms. The highest BCUT2D eigenvalue weighted by Crippen LogP contribution is 2.27. The monoisotopic (exact) mass is 563 g/mol. The van der Waals surface area contributed by atoms with Crippen LogP contribution in [0.3, 0.4) is 0 Å². The van der Waals surface area contributed by atoms with Gasteiger partial charge in [-0.3, -0.25) is 13.9 Å². The van der Waals surface area contributed by atoms with Crippen molar-refractivity contribution in [3.05, 3.63) is 95.6 Å². The van der Waals surface area contributed by atoms with Gasteiger partial charge in [0, 0.05) is 12.1 Å². The number of nitrogens with zero attached hydrogens (tertiary/aromatic N) is 2. The summed E-state index contributed by atoms with van der Waals surface area (Å²) >= 11 is 0. The lowest BCUT2D eigenvalue weighted by Gasteiger charge is -2.35. The van der Waals surface area contributed by atoms with E-state index in [9.17, 15) is 18.0 Å². The first kappa shape index (κ1) is 30.9. The highest BCUT2D eigenvalue weighted by molar-refractivity contribution is 7.92. The topological polar surface area (TPSA) is 86.8 Å². The first-order valence-electron chi connectivity index (χ1n) is 13.6. The standard InChI is InChI=1S/C32H41N3O4S/c1-7-28(31(37)33-32(4,5)6)34(22-21-26-14-9-8-10-15-26)30(36)23-35(29-16-12-11-13-25(29)3)40(38,39)27-19-17-24(2)18-20-27/h8-20,28H,7,21-23H2,1-6H3,(H,33,37)/t28-/m1/s1. The van der Waals surface area contributed by atoms with Crippen LogP contribution in [0.4, 0.5) is 5.69 Å². The van der Waals surface area contributed by atoms with E-state index in [0.717, 1.165) is 16.7 Å². The fourth-order valence-corrected chi connectivity index (χ4v) is 6.02. The van der Waals surface area contributed by atoms with Crippen molar-refractivity contribution in [3.63, 3.8) is 0 Å². The van der Waals surface area contributed by atoms with Crippen molar-refractivity contribution >= 4 is 27.5 Å². The molecule has 0 aliphatic carbocycles. The Balaban J connectivity index is 2.03. The van der Waals surface area contributed by atoms with Crippen LogP contribution in [0.2, 0.25) is 0 Å². The summed E-state index contributed by atoms with van der Waals surface area (Å²) in [5.74, 6) is -0.703. The summed E-state index contributed by atoms with van der Waals surface area (Å²) in [5.41, 5.74) is 2.61. The molecular weight excluding hydrogens is 522 g/mol. The summed E-state index contributed by atoms with van der Waals surface area (Å²) in [4.78, 5) is 29.1. The minimum absolute atomic E-state index is 0.0995. The van der Waals surface area contributed by atoms with Gasteiger partial charge in [-0.1, -0.05) is 73.2 Å². The molecule has 0 aromatic heterocycles. The average molecular weight is 564 g/mol. The number of amides is 2. The molecule has 0 aliphatic rings. The molecule has 3 aromatic carbocycles. The Morgan fingerprint density at radius 3 is 2.05 bits per heavy atom. The Hall–Kier alpha value is -3.65. The van der Waals surface area contributed by atoms with Crippen LogP contribution in [0.5, 0.6) is 0 Å². The van der Waals surface area contributed by atoms with E-state index in [2.05, 4.69) is 5.32 Å². The largest absolute Gasteiger partial charge is 0.350 e. The van der Waals surface area contributed by atoms with Gasteiger partial charge in [0.05, 0.1) is 10.6 Å². The molecule has 0 saturated heterocycles. The zero-order valence-electron chi connectivity index (χ0n) is 24.3. The van der Waals surface area contributed by atoms with E-state index in [4.69, 9.17) is 0 Å². The molecular formula is C32H41N3O4S. The lowest BCUT2D eigenvalue weighted by atomic mass is 10.1. The zero-order valence-corrected chi connectivity index (χ0v) is 25.2. The van der Waals surface area contributed by atoms with Crippen LogP contribution in [0.25, 0.3) is 0 Å². The number of carbonyl (C=O) groups excluding carboxylic acids is 2. The van der Waals surface area contributed by atoms with Gasteiger partial charge in [-0.25, -0.2) is 8.42 Å². The van der Waals surface area contributed by atoms with Gasteiger partial charge in [0.2, 0.25) is 11.8 Å². The zero-order chi connectivity index (χ0) is 29.5. The Morgan fingerprint density at radius 2 is 1.48 bits per heavy atom. The number of carbonyl (C=O) groups is 2. The fraction of sp³-hybridized carbons (Fsp3) is 0.375. The predicted octanol–water partition coefficient (Wildman–Crippen LogP) is 5.26. The van der Waals surface area contributed by atoms with Gasteiger partial charge in [-0.2, -0.15) is 0 Å². The van der Waals surface area contributed by atoms with E-state index >= 15 is 0 Å². The van der Waals surface area contributed by atoms with Gasteiger partial charge in [0.1, 0.15) is 12.6 Å². The van der Waals surface area contributed by atoms with Crippen LogP contribution in [0.15, 0.2) is 83.8 Å². The maximum atomic E-state index is 14.1. The third kappa shape index (κ3) is 7.94. The highest BCUT2D eigenvalue weighted by Gasteiger charge is 2.34. The first-order valence-corrected chi connectivity index (χ1v) is 15.1. The molecule has 8 heteroatoms. The smallest absolute Gasteiger partial charge is 0.264 e. The molecule has 7 nitrogen and oxygen atoms in total. The summed E-state index contributed by atoms with van der Waals surface area (Å²) in [6.45, 7) is 11.1. The summed E-state index contributed by atoms with van der Waals surface area (Å²) in [6, 6.07) is 22.7. The van der Waals surface area contributed by atoms with Crippen molar-refractivity contribution in [2.75, 3.05) is 17.4 Å². The molecule has 1 N–H and O–H groups in total. The number of sulfonamides is 1. The maximum absolute atomic E-state index is 14.1. The quantitative estimate of drug-likeness (QED) is 0.345. The SMILES string of the molecule is CC[C@H](C(=O)NC(C)(C)C)N(CCc1ccccc1)C(=O)CN(c1ccccc1C)S(=O)(=O)c1ccc(C)cc1. The summed E-state index contributed by atoms with van der Waals surface area (Å²) in [7, 11) is -4.09. The minimum atomic E-state index is -4.09. The van der Waals surface area contributed by atoms with Crippen molar-refractivity contribution in [1.29, 1.82) is 0 Å². The first-order chi connectivity index (χ1) is 18.8. The van der Waals surface area contributed by atoms with Crippen molar-refractivity contribution < 1.29 is 18.0 Å². The van der Waals surface area contributed by atoms with E-state index in [1.165, 1.54) is 9.21 Å². The van der Waals surface area contributed by atoms with Gasteiger partial charge in [-0.15, -0.1) is 0 Å². The molecule has 2 amide bonds. The van der Waals surface area contributed by atoms with E-state index < -0.39 is 34.1 Å². The number of rotatable bonds is 11. The van der Waals surface area contributed by atoms with Gasteiger partial charge < -0.3 is 10.2 Å². The molecule has 0 spiro atoms. The minimum Gasteiger partial charge on any atom is -0.350 e. The second-order valence-corrected chi connectivity index (χ2v) is 13.0. The van der Waals surface area contributed by atoms with Crippen molar-refractivity contribution in [2.45, 2.75) is 70.9 Å². The summed E-state index contributed by atoms with van der Waals surface area (Å²) in [6.07, 6.45) is 0.915. The Bertz CT molecular complexity index is 1400. The maximum Gasteiger partial charge on any atom is 0.264 e. The number of aryl methyl sites for hydroxylation is 2. The number of para-hydroxylation sites is 1. The Kier molecular flexibility index (Phi) is 10.1. The van der Waals surface area contributed by atoms with E-state index in [1.807, 2.05) is 84.0 Å². The van der Waals surface area contributed by atoms with Gasteiger partial charge >= 0.3 is 0 Å². The Morgan fingerprint density at radius 1 is 0.875 bits per heavy atom. The lowest BCUT2D eigenvalue weighted by molar-refractivity contribution is -0.140. The third-order valence-corrected chi connectivity index (χ3v) is 8.41. The van der Waals surface area contributed by atoms with Crippen molar-refractivity contribution in [1.82, 2.24) is 10.2 Å². The van der Waals surface area contributed by atoms with Crippen LogP contribution >= 0.6 is 0 Å². The van der Waals surface area contributed by atoms with Crippen molar-refractivity contribution in [3.8, 4) is 0 Å². The second-order valence-electron chi connectivity index (χ2n) is 11.1. The van der Waals surface area contributed by atoms with Crippen LogP contribution in [-0.4, -0.2) is 49.8 Å². The van der Waals surface area contributed by atoms with Crippen LogP contribution in [-0.2, 0) is 26.0 Å². The summed E-state index contributed by atoms with van der Waals surface area (Å²) < 4.78 is 29.1. The van der Waals surface area contributed by atoms with E-state index in [0.29, 0.717) is 18.5 Å². The number of benzene rings is 3. The molecule has 40 heavy (non-hydrogen) atoms. The van der Waals surface area contributed by atoms with Crippen molar-refractivity contribution in [2.24, 2.45) is 0 Å². The molecule has 3 rings (SSSR count). The Labute approximate surface area is 239 Å². The van der Waals surface area contributed by atoms with Crippen LogP contribution in [0.1, 0.15) is 50.8 Å². The molecule has 0 fully saturated rings. The van der Waals surface area contributed by atoms with E-state index in [-0.39, 0.29) is 17.3 Å². The number of nitrogens with one attached hydrogen (secondary N) is 1. The molecule has 0 radical (unpaired) electrons. The van der Waals surface area contributed by atoms with Gasteiger partial charge in [0.25, 0.3) is 10.0 Å². The molecule has 214 valence electrons. The second kappa shape index (κ2) is 13.1. The van der Waals surface area contributed by atoms with Gasteiger partial charge in [0.15, 0.2) is 0 Å². The number of anilines is 1. The van der Waals surface area contributed by atoms with Crippen LogP contribution in [0, 0.1) is 13.8 Å². The predicted molar refractivity (Wildman–Crippen MR) is 161 cm³/mol.